The second-order valence-electron chi connectivity index (χ2n) is 6.34. The van der Waals surface area contributed by atoms with Gasteiger partial charge in [0.05, 0.1) is 24.2 Å². The molecule has 0 fully saturated rings. The van der Waals surface area contributed by atoms with E-state index in [1.165, 1.54) is 10.4 Å². The Kier molecular flexibility index (Phi) is 10.7. The number of aryl methyl sites for hydroxylation is 2. The monoisotopic (exact) mass is 502 g/mol. The van der Waals surface area contributed by atoms with E-state index in [-0.39, 0.29) is 30.1 Å². The Morgan fingerprint density at radius 2 is 2.04 bits per heavy atom. The summed E-state index contributed by atoms with van der Waals surface area (Å²) in [6, 6.07) is 6.30. The zero-order valence-corrected chi connectivity index (χ0v) is 20.0. The average molecular weight is 502 g/mol. The Morgan fingerprint density at radius 3 is 2.67 bits per heavy atom. The molecule has 0 bridgehead atoms. The summed E-state index contributed by atoms with van der Waals surface area (Å²) in [5.74, 6) is 1.73. The minimum Gasteiger partial charge on any atom is -0.490 e. The van der Waals surface area contributed by atoms with Crippen molar-refractivity contribution in [3.63, 3.8) is 0 Å². The Morgan fingerprint density at radius 1 is 1.26 bits per heavy atom. The Bertz CT molecular complexity index is 733. The second kappa shape index (κ2) is 12.2. The second-order valence-corrected chi connectivity index (χ2v) is 7.66. The molecule has 0 aliphatic rings. The number of aliphatic imine (C=N–C) groups is 1. The lowest BCUT2D eigenvalue weighted by Crippen LogP contribution is -2.36. The lowest BCUT2D eigenvalue weighted by Gasteiger charge is -2.17. The molecule has 0 spiro atoms. The summed E-state index contributed by atoms with van der Waals surface area (Å²) in [5.41, 5.74) is 2.29. The number of rotatable bonds is 8. The van der Waals surface area contributed by atoms with Crippen molar-refractivity contribution in [3.05, 3.63) is 45.4 Å². The van der Waals surface area contributed by atoms with Crippen LogP contribution in [0.3, 0.4) is 0 Å². The van der Waals surface area contributed by atoms with E-state index in [9.17, 15) is 0 Å². The van der Waals surface area contributed by atoms with Gasteiger partial charge >= 0.3 is 0 Å². The van der Waals surface area contributed by atoms with Crippen LogP contribution in [0.1, 0.15) is 48.2 Å². The third-order valence-corrected chi connectivity index (χ3v) is 4.89. The van der Waals surface area contributed by atoms with Gasteiger partial charge in [0, 0.05) is 23.2 Å². The Labute approximate surface area is 184 Å². The molecular formula is C20H31IN4OS. The van der Waals surface area contributed by atoms with Crippen LogP contribution in [0, 0.1) is 13.8 Å². The van der Waals surface area contributed by atoms with Crippen LogP contribution in [-0.4, -0.2) is 23.6 Å². The Balaban J connectivity index is 0.00000364. The minimum absolute atomic E-state index is 0. The maximum Gasteiger partial charge on any atom is 0.191 e. The van der Waals surface area contributed by atoms with Crippen LogP contribution < -0.4 is 15.4 Å². The fourth-order valence-electron chi connectivity index (χ4n) is 2.37. The fraction of sp³-hybridized carbons (Fsp3) is 0.500. The molecule has 0 aliphatic carbocycles. The lowest BCUT2D eigenvalue weighted by atomic mass is 10.1. The van der Waals surface area contributed by atoms with Crippen molar-refractivity contribution < 1.29 is 4.74 Å². The third kappa shape index (κ3) is 8.04. The van der Waals surface area contributed by atoms with Gasteiger partial charge in [0.15, 0.2) is 5.96 Å². The maximum atomic E-state index is 6.08. The predicted octanol–water partition coefficient (Wildman–Crippen LogP) is 4.81. The van der Waals surface area contributed by atoms with Gasteiger partial charge in [0.1, 0.15) is 5.75 Å². The number of nitrogens with zero attached hydrogens (tertiary/aromatic N) is 2. The first-order chi connectivity index (χ1) is 12.5. The summed E-state index contributed by atoms with van der Waals surface area (Å²) in [6.45, 7) is 12.5. The summed E-state index contributed by atoms with van der Waals surface area (Å²) in [4.78, 5) is 10.2. The summed E-state index contributed by atoms with van der Waals surface area (Å²) in [6.07, 6.45) is 3.09. The average Bonchev–Trinajstić information content (AvgIpc) is 3.04. The normalized spacial score (nSPS) is 12.3. The standard InChI is InChI=1S/C20H30N4OS.HI/c1-6-15(4)25-19-10-14(3)8-9-17(19)11-23-20(21-7-2)24-13-18-12-22-16(5)26-18;/h8-10,12,15H,6-7,11,13H2,1-5H3,(H2,21,23,24);1H. The highest BCUT2D eigenvalue weighted by molar-refractivity contribution is 14.0. The fourth-order valence-corrected chi connectivity index (χ4v) is 3.10. The molecule has 27 heavy (non-hydrogen) atoms. The summed E-state index contributed by atoms with van der Waals surface area (Å²) in [7, 11) is 0. The summed E-state index contributed by atoms with van der Waals surface area (Å²) < 4.78 is 6.08. The molecule has 7 heteroatoms. The van der Waals surface area contributed by atoms with E-state index in [1.54, 1.807) is 11.3 Å². The number of halogens is 1. The molecule has 5 nitrogen and oxygen atoms in total. The van der Waals surface area contributed by atoms with Crippen LogP contribution in [0.5, 0.6) is 5.75 Å². The number of benzene rings is 1. The first-order valence-electron chi connectivity index (χ1n) is 9.21. The minimum atomic E-state index is 0. The summed E-state index contributed by atoms with van der Waals surface area (Å²) >= 11 is 1.70. The van der Waals surface area contributed by atoms with Crippen molar-refractivity contribution in [1.29, 1.82) is 0 Å². The lowest BCUT2D eigenvalue weighted by molar-refractivity contribution is 0.215. The van der Waals surface area contributed by atoms with Crippen LogP contribution in [0.4, 0.5) is 0 Å². The number of ether oxygens (including phenoxy) is 1. The molecule has 2 N–H and O–H groups in total. The van der Waals surface area contributed by atoms with Crippen molar-refractivity contribution in [2.45, 2.75) is 60.2 Å². The van der Waals surface area contributed by atoms with Gasteiger partial charge in [-0.05, 0) is 45.7 Å². The number of aromatic nitrogens is 1. The van der Waals surface area contributed by atoms with Crippen molar-refractivity contribution in [2.24, 2.45) is 4.99 Å². The molecule has 2 rings (SSSR count). The molecule has 1 unspecified atom stereocenters. The van der Waals surface area contributed by atoms with Gasteiger partial charge in [-0.3, -0.25) is 0 Å². The molecule has 2 aromatic rings. The Hall–Kier alpha value is -1.35. The molecule has 0 amide bonds. The van der Waals surface area contributed by atoms with Crippen molar-refractivity contribution >= 4 is 41.3 Å². The van der Waals surface area contributed by atoms with Gasteiger partial charge in [0.25, 0.3) is 0 Å². The predicted molar refractivity (Wildman–Crippen MR) is 125 cm³/mol. The van der Waals surface area contributed by atoms with E-state index in [4.69, 9.17) is 9.73 Å². The smallest absolute Gasteiger partial charge is 0.191 e. The van der Waals surface area contributed by atoms with E-state index in [0.29, 0.717) is 6.54 Å². The van der Waals surface area contributed by atoms with E-state index in [2.05, 4.69) is 61.5 Å². The molecule has 1 atom stereocenters. The molecule has 0 aliphatic heterocycles. The molecule has 1 aromatic heterocycles. The highest BCUT2D eigenvalue weighted by Crippen LogP contribution is 2.23. The highest BCUT2D eigenvalue weighted by Gasteiger charge is 2.08. The summed E-state index contributed by atoms with van der Waals surface area (Å²) in [5, 5.41) is 7.75. The SMILES string of the molecule is CCNC(=NCc1ccc(C)cc1OC(C)CC)NCc1cnc(C)s1.I. The van der Waals surface area contributed by atoms with Crippen LogP contribution in [0.2, 0.25) is 0 Å². The van der Waals surface area contributed by atoms with Gasteiger partial charge in [0.2, 0.25) is 0 Å². The van der Waals surface area contributed by atoms with Crippen LogP contribution in [-0.2, 0) is 13.1 Å². The largest absolute Gasteiger partial charge is 0.490 e. The van der Waals surface area contributed by atoms with Crippen LogP contribution in [0.25, 0.3) is 0 Å². The molecular weight excluding hydrogens is 471 g/mol. The number of guanidine groups is 1. The van der Waals surface area contributed by atoms with Gasteiger partial charge in [-0.1, -0.05) is 19.1 Å². The number of hydrogen-bond acceptors (Lipinski definition) is 4. The van der Waals surface area contributed by atoms with E-state index in [1.807, 2.05) is 13.1 Å². The first-order valence-corrected chi connectivity index (χ1v) is 10.0. The molecule has 150 valence electrons. The van der Waals surface area contributed by atoms with E-state index in [0.717, 1.165) is 41.8 Å². The topological polar surface area (TPSA) is 58.5 Å². The quantitative estimate of drug-likeness (QED) is 0.309. The van der Waals surface area contributed by atoms with Crippen LogP contribution >= 0.6 is 35.3 Å². The van der Waals surface area contributed by atoms with Crippen molar-refractivity contribution in [2.75, 3.05) is 6.54 Å². The van der Waals surface area contributed by atoms with E-state index >= 15 is 0 Å². The van der Waals surface area contributed by atoms with Gasteiger partial charge in [-0.25, -0.2) is 9.98 Å². The van der Waals surface area contributed by atoms with Gasteiger partial charge in [-0.2, -0.15) is 0 Å². The molecule has 0 saturated carbocycles. The maximum absolute atomic E-state index is 6.08. The zero-order chi connectivity index (χ0) is 18.9. The first kappa shape index (κ1) is 23.7. The van der Waals surface area contributed by atoms with E-state index < -0.39 is 0 Å². The molecule has 1 heterocycles. The van der Waals surface area contributed by atoms with Crippen molar-refractivity contribution in [3.8, 4) is 5.75 Å². The zero-order valence-electron chi connectivity index (χ0n) is 16.8. The van der Waals surface area contributed by atoms with Gasteiger partial charge < -0.3 is 15.4 Å². The number of thiazole rings is 1. The van der Waals surface area contributed by atoms with Gasteiger partial charge in [-0.15, -0.1) is 35.3 Å². The van der Waals surface area contributed by atoms with Crippen LogP contribution in [0.15, 0.2) is 29.4 Å². The number of nitrogens with one attached hydrogen (secondary N) is 2. The number of hydrogen-bond donors (Lipinski definition) is 2. The third-order valence-electron chi connectivity index (χ3n) is 3.98. The van der Waals surface area contributed by atoms with Crippen molar-refractivity contribution in [1.82, 2.24) is 15.6 Å². The molecule has 1 aromatic carbocycles. The molecule has 0 saturated heterocycles. The highest BCUT2D eigenvalue weighted by atomic mass is 127. The molecule has 0 radical (unpaired) electrons.